The van der Waals surface area contributed by atoms with Crippen molar-refractivity contribution in [3.05, 3.63) is 90.0 Å². The average molecular weight is 377 g/mol. The molecule has 0 unspecified atom stereocenters. The lowest BCUT2D eigenvalue weighted by molar-refractivity contribution is 0.0615. The van der Waals surface area contributed by atoms with Crippen LogP contribution in [0.3, 0.4) is 0 Å². The Morgan fingerprint density at radius 2 is 1.39 bits per heavy atom. The molecule has 3 rings (SSSR count). The van der Waals surface area contributed by atoms with E-state index in [0.29, 0.717) is 23.7 Å². The highest BCUT2D eigenvalue weighted by Gasteiger charge is 2.17. The molecule has 6 nitrogen and oxygen atoms in total. The number of ether oxygens (including phenoxy) is 2. The molecule has 144 valence electrons. The van der Waals surface area contributed by atoms with Crippen LogP contribution in [0.4, 0.5) is 16.2 Å². The molecule has 0 saturated heterocycles. The van der Waals surface area contributed by atoms with Gasteiger partial charge < -0.3 is 20.9 Å². The van der Waals surface area contributed by atoms with Crippen LogP contribution < -0.4 is 16.2 Å². The Morgan fingerprint density at radius 3 is 2.04 bits per heavy atom. The zero-order chi connectivity index (χ0) is 19.8. The van der Waals surface area contributed by atoms with Crippen molar-refractivity contribution in [3.8, 4) is 5.75 Å². The number of nitrogens with zero attached hydrogens (tertiary/aromatic N) is 1. The van der Waals surface area contributed by atoms with Gasteiger partial charge in [0.15, 0.2) is 6.73 Å². The van der Waals surface area contributed by atoms with Crippen LogP contribution in [0, 0.1) is 0 Å². The molecule has 0 aliphatic heterocycles. The van der Waals surface area contributed by atoms with E-state index in [1.54, 1.807) is 36.4 Å². The van der Waals surface area contributed by atoms with Crippen LogP contribution in [0.15, 0.2) is 78.9 Å². The van der Waals surface area contributed by atoms with Crippen LogP contribution in [-0.4, -0.2) is 17.7 Å². The maximum atomic E-state index is 12.6. The van der Waals surface area contributed by atoms with E-state index in [4.69, 9.17) is 20.9 Å². The molecular weight excluding hydrogens is 354 g/mol. The van der Waals surface area contributed by atoms with E-state index in [1.807, 2.05) is 42.5 Å². The molecule has 0 aliphatic rings. The molecule has 1 amide bonds. The predicted molar refractivity (Wildman–Crippen MR) is 109 cm³/mol. The number of nitrogen functional groups attached to an aromatic ring is 2. The summed E-state index contributed by atoms with van der Waals surface area (Å²) in [7, 11) is 0. The molecule has 4 N–H and O–H groups in total. The van der Waals surface area contributed by atoms with Gasteiger partial charge in [-0.25, -0.2) is 4.79 Å². The van der Waals surface area contributed by atoms with Crippen molar-refractivity contribution in [2.45, 2.75) is 13.2 Å². The van der Waals surface area contributed by atoms with Crippen molar-refractivity contribution in [3.63, 3.8) is 0 Å². The Kier molecular flexibility index (Phi) is 6.36. The fourth-order valence-corrected chi connectivity index (χ4v) is 2.53. The van der Waals surface area contributed by atoms with Gasteiger partial charge in [-0.05, 0) is 47.5 Å². The number of nitrogens with two attached hydrogens (primary N) is 2. The number of hydrogen-bond donors (Lipinski definition) is 2. The van der Waals surface area contributed by atoms with E-state index in [-0.39, 0.29) is 13.3 Å². The summed E-state index contributed by atoms with van der Waals surface area (Å²) in [6.45, 7) is 0.574. The van der Waals surface area contributed by atoms with Crippen LogP contribution >= 0.6 is 0 Å². The van der Waals surface area contributed by atoms with Gasteiger partial charge in [-0.2, -0.15) is 0 Å². The van der Waals surface area contributed by atoms with Gasteiger partial charge in [-0.1, -0.05) is 42.5 Å². The number of carbonyl (C=O) groups is 1. The lowest BCUT2D eigenvalue weighted by Gasteiger charge is -2.22. The summed E-state index contributed by atoms with van der Waals surface area (Å²) in [6.07, 6.45) is -0.462. The van der Waals surface area contributed by atoms with Gasteiger partial charge in [-0.3, -0.25) is 4.90 Å². The first-order chi connectivity index (χ1) is 13.6. The minimum Gasteiger partial charge on any atom is -0.473 e. The van der Waals surface area contributed by atoms with Gasteiger partial charge in [0.2, 0.25) is 0 Å². The maximum Gasteiger partial charge on any atom is 0.413 e. The van der Waals surface area contributed by atoms with Gasteiger partial charge in [-0.15, -0.1) is 0 Å². The fraction of sp³-hybridized carbons (Fsp3) is 0.136. The van der Waals surface area contributed by atoms with Gasteiger partial charge in [0, 0.05) is 11.4 Å². The van der Waals surface area contributed by atoms with Crippen molar-refractivity contribution >= 4 is 17.5 Å². The molecule has 6 heteroatoms. The summed E-state index contributed by atoms with van der Waals surface area (Å²) in [6, 6.07) is 23.9. The third kappa shape index (κ3) is 5.67. The topological polar surface area (TPSA) is 90.8 Å². The second-order valence-corrected chi connectivity index (χ2v) is 6.32. The highest BCUT2D eigenvalue weighted by molar-refractivity contribution is 5.67. The molecule has 0 fully saturated rings. The first kappa shape index (κ1) is 19.1. The molecule has 0 radical (unpaired) electrons. The zero-order valence-corrected chi connectivity index (χ0v) is 15.5. The van der Waals surface area contributed by atoms with Crippen LogP contribution in [0.5, 0.6) is 5.75 Å². The maximum absolute atomic E-state index is 12.6. The third-order valence-corrected chi connectivity index (χ3v) is 4.08. The minimum atomic E-state index is -0.462. The molecule has 0 aliphatic carbocycles. The standard InChI is InChI=1S/C22H23N3O3/c23-19-8-6-17(7-9-19)14-25(16-28-21-12-10-20(24)11-13-21)22(26)27-15-18-4-2-1-3-5-18/h1-13H,14-16,23-24H2. The molecule has 0 heterocycles. The second kappa shape index (κ2) is 9.32. The van der Waals surface area contributed by atoms with E-state index < -0.39 is 6.09 Å². The molecular formula is C22H23N3O3. The number of rotatable bonds is 7. The zero-order valence-electron chi connectivity index (χ0n) is 15.5. The number of carbonyl (C=O) groups excluding carboxylic acids is 1. The molecule has 0 bridgehead atoms. The van der Waals surface area contributed by atoms with Crippen molar-refractivity contribution in [1.29, 1.82) is 0 Å². The van der Waals surface area contributed by atoms with Gasteiger partial charge in [0.25, 0.3) is 0 Å². The first-order valence-corrected chi connectivity index (χ1v) is 8.88. The SMILES string of the molecule is Nc1ccc(CN(COc2ccc(N)cc2)C(=O)OCc2ccccc2)cc1. The van der Waals surface area contributed by atoms with Crippen LogP contribution in [-0.2, 0) is 17.9 Å². The Labute approximate surface area is 164 Å². The van der Waals surface area contributed by atoms with Crippen molar-refractivity contribution < 1.29 is 14.3 Å². The number of benzene rings is 3. The normalized spacial score (nSPS) is 10.3. The largest absolute Gasteiger partial charge is 0.473 e. The first-order valence-electron chi connectivity index (χ1n) is 8.88. The summed E-state index contributed by atoms with van der Waals surface area (Å²) in [5.74, 6) is 0.618. The molecule has 28 heavy (non-hydrogen) atoms. The Bertz CT molecular complexity index is 881. The summed E-state index contributed by atoms with van der Waals surface area (Å²) in [5, 5.41) is 0. The monoisotopic (exact) mass is 377 g/mol. The predicted octanol–water partition coefficient (Wildman–Crippen LogP) is 4.03. The van der Waals surface area contributed by atoms with Crippen LogP contribution in [0.2, 0.25) is 0 Å². The van der Waals surface area contributed by atoms with E-state index in [0.717, 1.165) is 11.1 Å². The summed E-state index contributed by atoms with van der Waals surface area (Å²) in [5.41, 5.74) is 14.6. The average Bonchev–Trinajstić information content (AvgIpc) is 2.72. The van der Waals surface area contributed by atoms with E-state index in [1.165, 1.54) is 4.90 Å². The fourth-order valence-electron chi connectivity index (χ4n) is 2.53. The van der Waals surface area contributed by atoms with Crippen molar-refractivity contribution in [2.24, 2.45) is 0 Å². The van der Waals surface area contributed by atoms with Crippen molar-refractivity contribution in [2.75, 3.05) is 18.2 Å². The third-order valence-electron chi connectivity index (χ3n) is 4.08. The smallest absolute Gasteiger partial charge is 0.413 e. The minimum absolute atomic E-state index is 0.0436. The molecule has 0 spiro atoms. The Morgan fingerprint density at radius 1 is 0.786 bits per heavy atom. The molecule has 0 atom stereocenters. The Hall–Kier alpha value is -3.67. The number of anilines is 2. The summed E-state index contributed by atoms with van der Waals surface area (Å²) in [4.78, 5) is 14.1. The molecule has 3 aromatic rings. The van der Waals surface area contributed by atoms with Gasteiger partial charge >= 0.3 is 6.09 Å². The van der Waals surface area contributed by atoms with Gasteiger partial charge in [0.05, 0.1) is 6.54 Å². The number of hydrogen-bond acceptors (Lipinski definition) is 5. The van der Waals surface area contributed by atoms with E-state index >= 15 is 0 Å². The summed E-state index contributed by atoms with van der Waals surface area (Å²) >= 11 is 0. The van der Waals surface area contributed by atoms with E-state index in [9.17, 15) is 4.79 Å². The molecule has 3 aromatic carbocycles. The van der Waals surface area contributed by atoms with Crippen LogP contribution in [0.1, 0.15) is 11.1 Å². The quantitative estimate of drug-likeness (QED) is 0.479. The second-order valence-electron chi connectivity index (χ2n) is 6.32. The molecule has 0 aromatic heterocycles. The number of amides is 1. The highest BCUT2D eigenvalue weighted by Crippen LogP contribution is 2.15. The lowest BCUT2D eigenvalue weighted by atomic mass is 10.2. The van der Waals surface area contributed by atoms with Crippen molar-refractivity contribution in [1.82, 2.24) is 4.90 Å². The Balaban J connectivity index is 1.66. The highest BCUT2D eigenvalue weighted by atomic mass is 16.6. The lowest BCUT2D eigenvalue weighted by Crippen LogP contribution is -2.34. The molecule has 0 saturated carbocycles. The van der Waals surface area contributed by atoms with Crippen LogP contribution in [0.25, 0.3) is 0 Å². The summed E-state index contributed by atoms with van der Waals surface area (Å²) < 4.78 is 11.2. The van der Waals surface area contributed by atoms with Gasteiger partial charge in [0.1, 0.15) is 12.4 Å². The van der Waals surface area contributed by atoms with E-state index in [2.05, 4.69) is 0 Å².